The monoisotopic (exact) mass is 442 g/mol. The van der Waals surface area contributed by atoms with E-state index in [4.69, 9.17) is 4.74 Å². The Morgan fingerprint density at radius 3 is 2.94 bits per heavy atom. The lowest BCUT2D eigenvalue weighted by Gasteiger charge is -2.28. The van der Waals surface area contributed by atoms with Gasteiger partial charge < -0.3 is 19.9 Å². The minimum atomic E-state index is -1.16. The first kappa shape index (κ1) is 22.9. The topological polar surface area (TPSA) is 158 Å². The molecule has 1 fully saturated rings. The summed E-state index contributed by atoms with van der Waals surface area (Å²) in [5, 5.41) is 12.2. The number of imidazole rings is 1. The van der Waals surface area contributed by atoms with Crippen molar-refractivity contribution in [1.29, 1.82) is 0 Å². The number of hydrogen-bond acceptors (Lipinski definition) is 7. The Hall–Kier alpha value is -3.76. The van der Waals surface area contributed by atoms with Crippen LogP contribution in [0.3, 0.4) is 0 Å². The SMILES string of the molecule is C=C=CC(=O)N(CCC(=O)Nc1ncc[nH]1)C(C(=O)NCC1CCCO1)c1n[nH]c(C)n1. The summed E-state index contributed by atoms with van der Waals surface area (Å²) in [6.45, 7) is 5.99. The number of aromatic nitrogens is 5. The van der Waals surface area contributed by atoms with Crippen LogP contribution in [0.15, 0.2) is 30.8 Å². The highest BCUT2D eigenvalue weighted by atomic mass is 16.5. The number of nitrogens with zero attached hydrogens (tertiary/aromatic N) is 4. The zero-order valence-corrected chi connectivity index (χ0v) is 17.8. The Bertz CT molecular complexity index is 974. The van der Waals surface area contributed by atoms with Crippen molar-refractivity contribution in [2.45, 2.75) is 38.3 Å². The van der Waals surface area contributed by atoms with Gasteiger partial charge in [0.25, 0.3) is 11.8 Å². The van der Waals surface area contributed by atoms with Crippen molar-refractivity contribution in [3.8, 4) is 0 Å². The number of rotatable bonds is 10. The zero-order chi connectivity index (χ0) is 22.9. The number of anilines is 1. The van der Waals surface area contributed by atoms with Crippen molar-refractivity contribution in [3.63, 3.8) is 0 Å². The first-order valence-electron chi connectivity index (χ1n) is 10.2. The van der Waals surface area contributed by atoms with E-state index in [1.165, 1.54) is 11.1 Å². The van der Waals surface area contributed by atoms with Gasteiger partial charge in [0, 0.05) is 44.6 Å². The second kappa shape index (κ2) is 11.0. The molecule has 12 heteroatoms. The molecule has 2 aromatic heterocycles. The number of nitrogens with one attached hydrogen (secondary N) is 4. The second-order valence-corrected chi connectivity index (χ2v) is 7.18. The van der Waals surface area contributed by atoms with Crippen LogP contribution in [0.4, 0.5) is 5.95 Å². The molecule has 170 valence electrons. The van der Waals surface area contributed by atoms with E-state index in [9.17, 15) is 14.4 Å². The third-order valence-electron chi connectivity index (χ3n) is 4.79. The van der Waals surface area contributed by atoms with Gasteiger partial charge in [-0.15, -0.1) is 5.73 Å². The minimum absolute atomic E-state index is 0.0742. The number of hydrogen-bond donors (Lipinski definition) is 4. The maximum atomic E-state index is 13.1. The van der Waals surface area contributed by atoms with Gasteiger partial charge >= 0.3 is 0 Å². The lowest BCUT2D eigenvalue weighted by atomic mass is 10.1. The van der Waals surface area contributed by atoms with Crippen LogP contribution in [-0.4, -0.2) is 73.6 Å². The molecule has 2 unspecified atom stereocenters. The molecular weight excluding hydrogens is 416 g/mol. The summed E-state index contributed by atoms with van der Waals surface area (Å²) in [6.07, 6.45) is 5.79. The van der Waals surface area contributed by atoms with Crippen LogP contribution in [0.5, 0.6) is 0 Å². The van der Waals surface area contributed by atoms with E-state index in [1.54, 1.807) is 13.1 Å². The van der Waals surface area contributed by atoms with Crippen molar-refractivity contribution >= 4 is 23.7 Å². The van der Waals surface area contributed by atoms with E-state index in [2.05, 4.69) is 48.1 Å². The van der Waals surface area contributed by atoms with Crippen molar-refractivity contribution in [2.75, 3.05) is 25.0 Å². The van der Waals surface area contributed by atoms with Crippen LogP contribution in [0.25, 0.3) is 0 Å². The smallest absolute Gasteiger partial charge is 0.255 e. The van der Waals surface area contributed by atoms with Gasteiger partial charge in [0.1, 0.15) is 5.82 Å². The van der Waals surface area contributed by atoms with Gasteiger partial charge in [-0.25, -0.2) is 9.97 Å². The third kappa shape index (κ3) is 6.13. The molecule has 2 atom stereocenters. The summed E-state index contributed by atoms with van der Waals surface area (Å²) in [5.41, 5.74) is 2.42. The average Bonchev–Trinajstić information content (AvgIpc) is 3.53. The molecule has 2 aromatic rings. The first-order chi connectivity index (χ1) is 15.5. The summed E-state index contributed by atoms with van der Waals surface area (Å²) >= 11 is 0. The molecule has 12 nitrogen and oxygen atoms in total. The Labute approximate surface area is 184 Å². The number of ether oxygens (including phenoxy) is 1. The Balaban J connectivity index is 1.77. The van der Waals surface area contributed by atoms with Crippen LogP contribution in [0.1, 0.15) is 37.0 Å². The summed E-state index contributed by atoms with van der Waals surface area (Å²) in [4.78, 5) is 50.4. The van der Waals surface area contributed by atoms with E-state index < -0.39 is 17.9 Å². The third-order valence-corrected chi connectivity index (χ3v) is 4.79. The van der Waals surface area contributed by atoms with E-state index in [1.807, 2.05) is 0 Å². The fraction of sp³-hybridized carbons (Fsp3) is 0.450. The molecule has 1 saturated heterocycles. The van der Waals surface area contributed by atoms with Crippen molar-refractivity contribution in [1.82, 2.24) is 35.4 Å². The van der Waals surface area contributed by atoms with Gasteiger partial charge in [0.05, 0.1) is 6.10 Å². The number of carbonyl (C=O) groups excluding carboxylic acids is 3. The average molecular weight is 442 g/mol. The lowest BCUT2D eigenvalue weighted by Crippen LogP contribution is -2.46. The Morgan fingerprint density at radius 1 is 1.47 bits per heavy atom. The molecule has 3 amide bonds. The van der Waals surface area contributed by atoms with Crippen molar-refractivity contribution < 1.29 is 19.1 Å². The highest BCUT2D eigenvalue weighted by Crippen LogP contribution is 2.20. The number of aromatic amines is 2. The summed E-state index contributed by atoms with van der Waals surface area (Å²) in [7, 11) is 0. The quantitative estimate of drug-likeness (QED) is 0.306. The van der Waals surface area contributed by atoms with Crippen LogP contribution < -0.4 is 10.6 Å². The van der Waals surface area contributed by atoms with Gasteiger partial charge in [-0.1, -0.05) is 6.58 Å². The molecule has 32 heavy (non-hydrogen) atoms. The molecular formula is C20H26N8O4. The fourth-order valence-corrected chi connectivity index (χ4v) is 3.28. The molecule has 0 aromatic carbocycles. The standard InChI is InChI=1S/C20H26N8O4/c1-3-5-16(30)28(10-7-15(29)25-20-21-8-9-22-20)17(18-24-13(2)26-27-18)19(31)23-12-14-6-4-11-32-14/h5,8-9,14,17H,1,4,6-7,10-12H2,2H3,(H,23,31)(H,24,26,27)(H2,21,22,25,29). The molecule has 1 aliphatic heterocycles. The molecule has 0 spiro atoms. The van der Waals surface area contributed by atoms with Crippen molar-refractivity contribution in [2.24, 2.45) is 0 Å². The summed E-state index contributed by atoms with van der Waals surface area (Å²) < 4.78 is 5.55. The van der Waals surface area contributed by atoms with Crippen LogP contribution in [0, 0.1) is 6.92 Å². The van der Waals surface area contributed by atoms with Gasteiger partial charge in [-0.05, 0) is 19.8 Å². The molecule has 4 N–H and O–H groups in total. The summed E-state index contributed by atoms with van der Waals surface area (Å²) in [6, 6.07) is -1.16. The predicted octanol–water partition coefficient (Wildman–Crippen LogP) is 0.371. The maximum absolute atomic E-state index is 13.1. The number of amides is 3. The van der Waals surface area contributed by atoms with E-state index in [0.717, 1.165) is 18.9 Å². The summed E-state index contributed by atoms with van der Waals surface area (Å²) in [5.74, 6) is -0.523. The molecule has 0 bridgehead atoms. The number of aryl methyl sites for hydroxylation is 1. The van der Waals surface area contributed by atoms with E-state index in [0.29, 0.717) is 19.0 Å². The normalized spacial score (nSPS) is 16.1. The molecule has 0 radical (unpaired) electrons. The fourth-order valence-electron chi connectivity index (χ4n) is 3.28. The maximum Gasteiger partial charge on any atom is 0.255 e. The lowest BCUT2D eigenvalue weighted by molar-refractivity contribution is -0.138. The van der Waals surface area contributed by atoms with Crippen LogP contribution >= 0.6 is 0 Å². The van der Waals surface area contributed by atoms with Gasteiger partial charge in [-0.3, -0.25) is 24.8 Å². The molecule has 3 rings (SSSR count). The van der Waals surface area contributed by atoms with Gasteiger partial charge in [0.2, 0.25) is 11.9 Å². The zero-order valence-electron chi connectivity index (χ0n) is 17.8. The molecule has 0 aliphatic carbocycles. The minimum Gasteiger partial charge on any atom is -0.376 e. The van der Waals surface area contributed by atoms with E-state index in [-0.39, 0.29) is 36.7 Å². The van der Waals surface area contributed by atoms with Gasteiger partial charge in [-0.2, -0.15) is 5.10 Å². The first-order valence-corrected chi connectivity index (χ1v) is 10.2. The highest BCUT2D eigenvalue weighted by molar-refractivity contribution is 5.94. The highest BCUT2D eigenvalue weighted by Gasteiger charge is 2.34. The Kier molecular flexibility index (Phi) is 7.90. The van der Waals surface area contributed by atoms with Crippen LogP contribution in [-0.2, 0) is 19.1 Å². The second-order valence-electron chi connectivity index (χ2n) is 7.18. The van der Waals surface area contributed by atoms with Crippen LogP contribution in [0.2, 0.25) is 0 Å². The number of carbonyl (C=O) groups is 3. The largest absolute Gasteiger partial charge is 0.376 e. The van der Waals surface area contributed by atoms with E-state index >= 15 is 0 Å². The molecule has 3 heterocycles. The number of H-pyrrole nitrogens is 2. The van der Waals surface area contributed by atoms with Crippen molar-refractivity contribution in [3.05, 3.63) is 42.4 Å². The Morgan fingerprint density at radius 2 is 2.31 bits per heavy atom. The predicted molar refractivity (Wildman–Crippen MR) is 113 cm³/mol. The van der Waals surface area contributed by atoms with Gasteiger partial charge in [0.15, 0.2) is 11.9 Å². The molecule has 0 saturated carbocycles. The molecule has 1 aliphatic rings.